The third-order valence-electron chi connectivity index (χ3n) is 2.79. The summed E-state index contributed by atoms with van der Waals surface area (Å²) >= 11 is 6.40. The molecule has 1 aliphatic rings. The number of ether oxygens (including phenoxy) is 1. The SMILES string of the molecule is C1CCOC1.ClP(c1ccccc1)c1ccccc1. The predicted molar refractivity (Wildman–Crippen MR) is 85.0 cm³/mol. The molecule has 1 saturated heterocycles. The average molecular weight is 293 g/mol. The summed E-state index contributed by atoms with van der Waals surface area (Å²) in [6.45, 7) is 2.00. The van der Waals surface area contributed by atoms with Crippen molar-refractivity contribution in [1.82, 2.24) is 0 Å². The van der Waals surface area contributed by atoms with Crippen molar-refractivity contribution >= 4 is 29.1 Å². The Hall–Kier alpha value is -0.880. The molecular formula is C16H18ClOP. The van der Waals surface area contributed by atoms with E-state index in [4.69, 9.17) is 16.0 Å². The first kappa shape index (κ1) is 14.5. The molecule has 3 heteroatoms. The van der Waals surface area contributed by atoms with Gasteiger partial charge in [-0.3, -0.25) is 0 Å². The smallest absolute Gasteiger partial charge is 0.0524 e. The van der Waals surface area contributed by atoms with E-state index in [0.29, 0.717) is 0 Å². The molecule has 2 aromatic carbocycles. The second-order valence-corrected chi connectivity index (χ2v) is 6.88. The zero-order valence-corrected chi connectivity index (χ0v) is 12.5. The van der Waals surface area contributed by atoms with Crippen molar-refractivity contribution in [1.29, 1.82) is 0 Å². The lowest BCUT2D eigenvalue weighted by atomic mass is 10.4. The van der Waals surface area contributed by atoms with Crippen molar-refractivity contribution in [3.63, 3.8) is 0 Å². The van der Waals surface area contributed by atoms with E-state index < -0.39 is 7.27 Å². The fourth-order valence-electron chi connectivity index (χ4n) is 1.78. The van der Waals surface area contributed by atoms with Gasteiger partial charge in [-0.2, -0.15) is 0 Å². The second kappa shape index (κ2) is 8.32. The fraction of sp³-hybridized carbons (Fsp3) is 0.250. The molecule has 19 heavy (non-hydrogen) atoms. The third kappa shape index (κ3) is 4.95. The molecule has 1 nitrogen and oxygen atoms in total. The van der Waals surface area contributed by atoms with Crippen LogP contribution in [0, 0.1) is 0 Å². The van der Waals surface area contributed by atoms with Crippen LogP contribution in [-0.4, -0.2) is 13.2 Å². The largest absolute Gasteiger partial charge is 0.381 e. The van der Waals surface area contributed by atoms with Gasteiger partial charge in [0, 0.05) is 13.2 Å². The quantitative estimate of drug-likeness (QED) is 0.758. The van der Waals surface area contributed by atoms with E-state index in [9.17, 15) is 0 Å². The van der Waals surface area contributed by atoms with E-state index >= 15 is 0 Å². The number of hydrogen-bond donors (Lipinski definition) is 0. The maximum atomic E-state index is 6.40. The van der Waals surface area contributed by atoms with E-state index in [2.05, 4.69) is 24.3 Å². The Labute approximate surface area is 121 Å². The van der Waals surface area contributed by atoms with Crippen LogP contribution in [0.5, 0.6) is 0 Å². The van der Waals surface area contributed by atoms with Crippen LogP contribution in [0.15, 0.2) is 60.7 Å². The van der Waals surface area contributed by atoms with Gasteiger partial charge in [-0.15, -0.1) is 0 Å². The number of rotatable bonds is 2. The number of hydrogen-bond acceptors (Lipinski definition) is 1. The molecule has 100 valence electrons. The van der Waals surface area contributed by atoms with Crippen LogP contribution in [0.1, 0.15) is 12.8 Å². The molecule has 0 aliphatic carbocycles. The Morgan fingerprint density at radius 1 is 0.737 bits per heavy atom. The van der Waals surface area contributed by atoms with Crippen molar-refractivity contribution in [3.05, 3.63) is 60.7 Å². The Balaban J connectivity index is 0.000000224. The summed E-state index contributed by atoms with van der Waals surface area (Å²) in [6, 6.07) is 20.4. The Kier molecular flexibility index (Phi) is 6.36. The van der Waals surface area contributed by atoms with Gasteiger partial charge >= 0.3 is 0 Å². The first-order chi connectivity index (χ1) is 9.38. The Morgan fingerprint density at radius 3 is 1.47 bits per heavy atom. The molecule has 0 bridgehead atoms. The van der Waals surface area contributed by atoms with Gasteiger partial charge in [0.15, 0.2) is 0 Å². The maximum Gasteiger partial charge on any atom is 0.0524 e. The van der Waals surface area contributed by atoms with Crippen LogP contribution in [0.2, 0.25) is 0 Å². The molecule has 3 rings (SSSR count). The van der Waals surface area contributed by atoms with E-state index in [-0.39, 0.29) is 0 Å². The molecule has 0 radical (unpaired) electrons. The van der Waals surface area contributed by atoms with Gasteiger partial charge in [-0.1, -0.05) is 71.9 Å². The molecule has 1 fully saturated rings. The van der Waals surface area contributed by atoms with Crippen LogP contribution in [0.3, 0.4) is 0 Å². The summed E-state index contributed by atoms with van der Waals surface area (Å²) in [5.41, 5.74) is 0. The third-order valence-corrected chi connectivity index (χ3v) is 5.47. The predicted octanol–water partition coefficient (Wildman–Crippen LogP) is 4.07. The van der Waals surface area contributed by atoms with Gasteiger partial charge in [0.1, 0.15) is 0 Å². The topological polar surface area (TPSA) is 9.23 Å². The summed E-state index contributed by atoms with van der Waals surface area (Å²) in [5, 5.41) is 2.41. The van der Waals surface area contributed by atoms with Crippen molar-refractivity contribution in [2.45, 2.75) is 12.8 Å². The molecule has 0 spiro atoms. The normalized spacial score (nSPS) is 14.0. The fourth-order valence-corrected chi connectivity index (χ4v) is 3.62. The van der Waals surface area contributed by atoms with Gasteiger partial charge < -0.3 is 4.74 Å². The molecule has 0 atom stereocenters. The Bertz CT molecular complexity index is 410. The van der Waals surface area contributed by atoms with Crippen LogP contribution < -0.4 is 10.6 Å². The summed E-state index contributed by atoms with van der Waals surface area (Å²) < 4.78 is 4.94. The lowest BCUT2D eigenvalue weighted by Gasteiger charge is -2.09. The minimum atomic E-state index is -0.699. The van der Waals surface area contributed by atoms with Crippen LogP contribution in [0.25, 0.3) is 0 Å². The number of benzene rings is 2. The number of halogens is 1. The van der Waals surface area contributed by atoms with Crippen LogP contribution >= 0.6 is 18.5 Å². The summed E-state index contributed by atoms with van der Waals surface area (Å²) in [7, 11) is -0.699. The first-order valence-corrected chi connectivity index (χ1v) is 8.76. The standard InChI is InChI=1S/C12H10ClP.C4H8O/c13-14(11-7-3-1-4-8-11)12-9-5-2-6-10-12;1-2-4-5-3-1/h1-10H;1-4H2. The summed E-state index contributed by atoms with van der Waals surface area (Å²) in [5.74, 6) is 0. The molecule has 0 amide bonds. The van der Waals surface area contributed by atoms with Gasteiger partial charge in [0.25, 0.3) is 0 Å². The monoisotopic (exact) mass is 292 g/mol. The lowest BCUT2D eigenvalue weighted by molar-refractivity contribution is 0.198. The highest BCUT2D eigenvalue weighted by molar-refractivity contribution is 7.95. The van der Waals surface area contributed by atoms with Crippen molar-refractivity contribution in [2.75, 3.05) is 13.2 Å². The Morgan fingerprint density at radius 2 is 1.16 bits per heavy atom. The van der Waals surface area contributed by atoms with E-state index in [1.54, 1.807) is 0 Å². The summed E-state index contributed by atoms with van der Waals surface area (Å²) in [6.07, 6.45) is 2.56. The highest BCUT2D eigenvalue weighted by atomic mass is 35.7. The molecule has 0 aromatic heterocycles. The molecular weight excluding hydrogens is 275 g/mol. The van der Waals surface area contributed by atoms with Crippen molar-refractivity contribution in [3.8, 4) is 0 Å². The molecule has 0 saturated carbocycles. The second-order valence-electron chi connectivity index (χ2n) is 4.27. The maximum absolute atomic E-state index is 6.40. The zero-order valence-electron chi connectivity index (χ0n) is 10.8. The van der Waals surface area contributed by atoms with Crippen molar-refractivity contribution < 1.29 is 4.74 Å². The zero-order chi connectivity index (χ0) is 13.3. The minimum absolute atomic E-state index is 0.699. The van der Waals surface area contributed by atoms with Gasteiger partial charge in [0.2, 0.25) is 0 Å². The van der Waals surface area contributed by atoms with E-state index in [0.717, 1.165) is 13.2 Å². The minimum Gasteiger partial charge on any atom is -0.381 e. The van der Waals surface area contributed by atoms with Gasteiger partial charge in [0.05, 0.1) is 7.27 Å². The van der Waals surface area contributed by atoms with Crippen molar-refractivity contribution in [2.24, 2.45) is 0 Å². The average Bonchev–Trinajstić information content (AvgIpc) is 3.08. The van der Waals surface area contributed by atoms with Gasteiger partial charge in [-0.25, -0.2) is 0 Å². The molecule has 1 heterocycles. The van der Waals surface area contributed by atoms with Crippen LogP contribution in [-0.2, 0) is 4.74 Å². The molecule has 1 aliphatic heterocycles. The highest BCUT2D eigenvalue weighted by Crippen LogP contribution is 2.38. The summed E-state index contributed by atoms with van der Waals surface area (Å²) in [4.78, 5) is 0. The van der Waals surface area contributed by atoms with E-state index in [1.165, 1.54) is 23.5 Å². The van der Waals surface area contributed by atoms with Crippen LogP contribution in [0.4, 0.5) is 0 Å². The van der Waals surface area contributed by atoms with Gasteiger partial charge in [-0.05, 0) is 23.5 Å². The first-order valence-electron chi connectivity index (χ1n) is 6.51. The lowest BCUT2D eigenvalue weighted by Crippen LogP contribution is -2.06. The molecule has 0 unspecified atom stereocenters. The highest BCUT2D eigenvalue weighted by Gasteiger charge is 2.08. The molecule has 0 N–H and O–H groups in total. The molecule has 2 aromatic rings. The van der Waals surface area contributed by atoms with E-state index in [1.807, 2.05) is 36.4 Å².